The average Bonchev–Trinajstić information content (AvgIpc) is 2.14. The van der Waals surface area contributed by atoms with Crippen molar-refractivity contribution in [2.75, 3.05) is 0 Å². The Morgan fingerprint density at radius 3 is 2.29 bits per heavy atom. The van der Waals surface area contributed by atoms with Crippen molar-refractivity contribution in [3.63, 3.8) is 0 Å². The number of aliphatic hydroxyl groups excluding tert-OH is 1. The zero-order valence-electron chi connectivity index (χ0n) is 9.35. The van der Waals surface area contributed by atoms with Crippen molar-refractivity contribution >= 4 is 0 Å². The number of alkyl halides is 3. The van der Waals surface area contributed by atoms with Crippen LogP contribution in [0.3, 0.4) is 0 Å². The Bertz CT molecular complexity index is 431. The molecule has 1 aromatic rings. The van der Waals surface area contributed by atoms with Gasteiger partial charge < -0.3 is 5.11 Å². The van der Waals surface area contributed by atoms with Gasteiger partial charge in [-0.25, -0.2) is 4.39 Å². The van der Waals surface area contributed by atoms with Crippen LogP contribution in [0, 0.1) is 5.82 Å². The topological polar surface area (TPSA) is 20.2 Å². The molecule has 0 amide bonds. The first-order valence-corrected chi connectivity index (χ1v) is 4.91. The fourth-order valence-electron chi connectivity index (χ4n) is 1.36. The van der Waals surface area contributed by atoms with E-state index >= 15 is 0 Å². The van der Waals surface area contributed by atoms with Crippen molar-refractivity contribution < 1.29 is 22.7 Å². The molecule has 0 aliphatic rings. The fraction of sp³-hybridized carbons (Fsp3) is 0.333. The molecule has 1 nitrogen and oxygen atoms in total. The van der Waals surface area contributed by atoms with E-state index < -0.39 is 23.7 Å². The van der Waals surface area contributed by atoms with E-state index in [0.29, 0.717) is 6.07 Å². The Balaban J connectivity index is 3.18. The van der Waals surface area contributed by atoms with E-state index in [9.17, 15) is 22.7 Å². The molecule has 1 N–H and O–H groups in total. The smallest absolute Gasteiger partial charge is 0.384 e. The van der Waals surface area contributed by atoms with Crippen molar-refractivity contribution in [3.8, 4) is 0 Å². The molecule has 17 heavy (non-hydrogen) atoms. The molecule has 94 valence electrons. The standard InChI is InChI=1S/C12H12F4O/c1-7(2)3-11(17)8-4-9(12(14,15)16)6-10(13)5-8/h3-6,11,17H,1-2H3. The van der Waals surface area contributed by atoms with Gasteiger partial charge in [0.05, 0.1) is 11.7 Å². The van der Waals surface area contributed by atoms with Gasteiger partial charge in [-0.3, -0.25) is 0 Å². The number of allylic oxidation sites excluding steroid dienone is 1. The Morgan fingerprint density at radius 1 is 1.24 bits per heavy atom. The number of benzene rings is 1. The van der Waals surface area contributed by atoms with Gasteiger partial charge in [-0.15, -0.1) is 0 Å². The first kappa shape index (κ1) is 13.7. The van der Waals surface area contributed by atoms with Crippen molar-refractivity contribution in [1.29, 1.82) is 0 Å². The summed E-state index contributed by atoms with van der Waals surface area (Å²) >= 11 is 0. The van der Waals surface area contributed by atoms with Crippen LogP contribution < -0.4 is 0 Å². The third-order valence-corrected chi connectivity index (χ3v) is 2.08. The maximum absolute atomic E-state index is 13.0. The van der Waals surface area contributed by atoms with Gasteiger partial charge in [0.1, 0.15) is 5.82 Å². The molecule has 0 spiro atoms. The number of aliphatic hydroxyl groups is 1. The van der Waals surface area contributed by atoms with Gasteiger partial charge in [-0.2, -0.15) is 13.2 Å². The van der Waals surface area contributed by atoms with Crippen LogP contribution in [0.25, 0.3) is 0 Å². The molecule has 1 unspecified atom stereocenters. The Labute approximate surface area is 96.4 Å². The third-order valence-electron chi connectivity index (χ3n) is 2.08. The molecule has 1 atom stereocenters. The van der Waals surface area contributed by atoms with Crippen LogP contribution in [0.15, 0.2) is 29.8 Å². The molecule has 0 radical (unpaired) electrons. The highest BCUT2D eigenvalue weighted by molar-refractivity contribution is 5.30. The zero-order valence-corrected chi connectivity index (χ0v) is 9.35. The largest absolute Gasteiger partial charge is 0.416 e. The number of halogens is 4. The molecule has 1 rings (SSSR count). The molecule has 0 aliphatic carbocycles. The van der Waals surface area contributed by atoms with Crippen molar-refractivity contribution in [3.05, 3.63) is 46.8 Å². The monoisotopic (exact) mass is 248 g/mol. The Hall–Kier alpha value is -1.36. The van der Waals surface area contributed by atoms with Crippen molar-refractivity contribution in [1.82, 2.24) is 0 Å². The minimum Gasteiger partial charge on any atom is -0.384 e. The lowest BCUT2D eigenvalue weighted by atomic mass is 10.0. The van der Waals surface area contributed by atoms with Gasteiger partial charge in [0.2, 0.25) is 0 Å². The lowest BCUT2D eigenvalue weighted by Crippen LogP contribution is -2.07. The maximum Gasteiger partial charge on any atom is 0.416 e. The molecule has 0 saturated heterocycles. The number of hydrogen-bond donors (Lipinski definition) is 1. The van der Waals surface area contributed by atoms with Crippen LogP contribution in [0.5, 0.6) is 0 Å². The molecular weight excluding hydrogens is 236 g/mol. The van der Waals surface area contributed by atoms with Crippen LogP contribution in [0.4, 0.5) is 17.6 Å². The SMILES string of the molecule is CC(C)=CC(O)c1cc(F)cc(C(F)(F)F)c1. The molecule has 1 aromatic carbocycles. The van der Waals surface area contributed by atoms with E-state index in [1.807, 2.05) is 0 Å². The van der Waals surface area contributed by atoms with Gasteiger partial charge in [0.15, 0.2) is 0 Å². The van der Waals surface area contributed by atoms with E-state index in [1.54, 1.807) is 13.8 Å². The normalized spacial score (nSPS) is 13.4. The summed E-state index contributed by atoms with van der Waals surface area (Å²) in [7, 11) is 0. The third kappa shape index (κ3) is 3.85. The highest BCUT2D eigenvalue weighted by Crippen LogP contribution is 2.32. The van der Waals surface area contributed by atoms with Gasteiger partial charge in [-0.1, -0.05) is 11.6 Å². The molecule has 5 heteroatoms. The Morgan fingerprint density at radius 2 is 1.82 bits per heavy atom. The van der Waals surface area contributed by atoms with Gasteiger partial charge in [0.25, 0.3) is 0 Å². The molecule has 0 aromatic heterocycles. The molecular formula is C12H12F4O. The molecule has 0 saturated carbocycles. The molecule has 0 heterocycles. The lowest BCUT2D eigenvalue weighted by Gasteiger charge is -2.12. The van der Waals surface area contributed by atoms with Crippen molar-refractivity contribution in [2.24, 2.45) is 0 Å². The van der Waals surface area contributed by atoms with Crippen LogP contribution in [0.1, 0.15) is 31.1 Å². The van der Waals surface area contributed by atoms with E-state index in [0.717, 1.165) is 17.7 Å². The second kappa shape index (κ2) is 4.87. The maximum atomic E-state index is 13.0. The molecule has 0 aliphatic heterocycles. The van der Waals surface area contributed by atoms with Gasteiger partial charge in [0, 0.05) is 0 Å². The van der Waals surface area contributed by atoms with Gasteiger partial charge in [-0.05, 0) is 37.6 Å². The van der Waals surface area contributed by atoms with Crippen LogP contribution in [-0.4, -0.2) is 5.11 Å². The molecule has 0 fully saturated rings. The first-order chi connectivity index (χ1) is 7.70. The van der Waals surface area contributed by atoms with Gasteiger partial charge >= 0.3 is 6.18 Å². The fourth-order valence-corrected chi connectivity index (χ4v) is 1.36. The highest BCUT2D eigenvalue weighted by Gasteiger charge is 2.31. The summed E-state index contributed by atoms with van der Waals surface area (Å²) in [4.78, 5) is 0. The average molecular weight is 248 g/mol. The lowest BCUT2D eigenvalue weighted by molar-refractivity contribution is -0.137. The minimum absolute atomic E-state index is 0.112. The molecule has 0 bridgehead atoms. The van der Waals surface area contributed by atoms with E-state index in [1.165, 1.54) is 6.08 Å². The first-order valence-electron chi connectivity index (χ1n) is 4.91. The van der Waals surface area contributed by atoms with E-state index in [2.05, 4.69) is 0 Å². The minimum atomic E-state index is -4.62. The quantitative estimate of drug-likeness (QED) is 0.622. The second-order valence-corrected chi connectivity index (χ2v) is 3.96. The summed E-state index contributed by atoms with van der Waals surface area (Å²) in [6, 6.07) is 2.03. The predicted octanol–water partition coefficient (Wildman–Crippen LogP) is 3.84. The highest BCUT2D eigenvalue weighted by atomic mass is 19.4. The van der Waals surface area contributed by atoms with Crippen LogP contribution >= 0.6 is 0 Å². The summed E-state index contributed by atoms with van der Waals surface area (Å²) in [6.45, 7) is 3.38. The predicted molar refractivity (Wildman–Crippen MR) is 55.8 cm³/mol. The second-order valence-electron chi connectivity index (χ2n) is 3.96. The van der Waals surface area contributed by atoms with Crippen molar-refractivity contribution in [2.45, 2.75) is 26.1 Å². The van der Waals surface area contributed by atoms with E-state index in [-0.39, 0.29) is 5.56 Å². The summed E-state index contributed by atoms with van der Waals surface area (Å²) in [6.07, 6.45) is -4.51. The summed E-state index contributed by atoms with van der Waals surface area (Å²) < 4.78 is 50.3. The summed E-state index contributed by atoms with van der Waals surface area (Å²) in [5.74, 6) is -1.02. The van der Waals surface area contributed by atoms with Crippen LogP contribution in [-0.2, 0) is 6.18 Å². The number of hydrogen-bond acceptors (Lipinski definition) is 1. The summed E-state index contributed by atoms with van der Waals surface area (Å²) in [5, 5.41) is 9.60. The number of rotatable bonds is 2. The van der Waals surface area contributed by atoms with E-state index in [4.69, 9.17) is 0 Å². The Kier molecular flexibility index (Phi) is 3.93. The zero-order chi connectivity index (χ0) is 13.2. The van der Waals surface area contributed by atoms with Crippen LogP contribution in [0.2, 0.25) is 0 Å². The summed E-state index contributed by atoms with van der Waals surface area (Å²) in [5.41, 5.74) is -0.484.